The third-order valence-electron chi connectivity index (χ3n) is 4.53. The molecule has 0 saturated carbocycles. The molecule has 1 N–H and O–H groups in total. The number of carbonyl (C=O) groups is 2. The molecule has 130 valence electrons. The first kappa shape index (κ1) is 17.0. The normalized spacial score (nSPS) is 18.5. The van der Waals surface area contributed by atoms with E-state index >= 15 is 0 Å². The Kier molecular flexibility index (Phi) is 4.23. The molecule has 2 aliphatic rings. The van der Waals surface area contributed by atoms with E-state index in [0.29, 0.717) is 52.6 Å². The first-order valence-electron chi connectivity index (χ1n) is 8.05. The van der Waals surface area contributed by atoms with Gasteiger partial charge in [0.25, 0.3) is 0 Å². The van der Waals surface area contributed by atoms with Crippen LogP contribution in [0.4, 0.5) is 0 Å². The molecular formula is C18H19N3O4. The van der Waals surface area contributed by atoms with Crippen molar-refractivity contribution in [3.8, 4) is 11.8 Å². The molecule has 1 saturated heterocycles. The van der Waals surface area contributed by atoms with E-state index in [4.69, 9.17) is 4.74 Å². The van der Waals surface area contributed by atoms with Crippen LogP contribution in [-0.2, 0) is 9.59 Å². The molecule has 2 heterocycles. The largest absolute Gasteiger partial charge is 0.483 e. The first-order chi connectivity index (χ1) is 11.9. The summed E-state index contributed by atoms with van der Waals surface area (Å²) in [7, 11) is 0. The SMILES string of the molecule is CC1(C)Oc2ccc(C#N)cc2C(N2CCCC2=O)=C1CN(O)C=O. The maximum Gasteiger partial charge on any atom is 0.233 e. The zero-order valence-electron chi connectivity index (χ0n) is 14.2. The summed E-state index contributed by atoms with van der Waals surface area (Å²) in [5.74, 6) is 0.548. The standard InChI is InChI=1S/C18H19N3O4/c1-18(2)14(10-20(24)11-22)17(21-7-3-4-16(21)23)13-8-12(9-19)5-6-15(13)25-18/h5-6,8,11,24H,3-4,7,10H2,1-2H3. The molecule has 0 aliphatic carbocycles. The molecule has 0 aromatic heterocycles. The topological polar surface area (TPSA) is 93.9 Å². The minimum absolute atomic E-state index is 0.0193. The van der Waals surface area contributed by atoms with Crippen molar-refractivity contribution in [2.75, 3.05) is 13.1 Å². The highest BCUT2D eigenvalue weighted by Crippen LogP contribution is 2.44. The van der Waals surface area contributed by atoms with E-state index in [1.165, 1.54) is 0 Å². The number of nitriles is 1. The Morgan fingerprint density at radius 3 is 2.84 bits per heavy atom. The molecule has 0 unspecified atom stereocenters. The molecule has 0 bridgehead atoms. The van der Waals surface area contributed by atoms with Gasteiger partial charge in [-0.05, 0) is 38.5 Å². The van der Waals surface area contributed by atoms with E-state index in [9.17, 15) is 20.1 Å². The Labute approximate surface area is 145 Å². The van der Waals surface area contributed by atoms with Gasteiger partial charge in [-0.25, -0.2) is 5.06 Å². The van der Waals surface area contributed by atoms with Gasteiger partial charge < -0.3 is 9.64 Å². The second-order valence-corrected chi connectivity index (χ2v) is 6.61. The lowest BCUT2D eigenvalue weighted by Crippen LogP contribution is -2.42. The van der Waals surface area contributed by atoms with E-state index in [-0.39, 0.29) is 12.5 Å². The van der Waals surface area contributed by atoms with Crippen molar-refractivity contribution in [1.82, 2.24) is 9.96 Å². The molecule has 0 atom stereocenters. The molecule has 1 aromatic carbocycles. The van der Waals surface area contributed by atoms with Crippen LogP contribution >= 0.6 is 0 Å². The number of hydrogen-bond acceptors (Lipinski definition) is 5. The van der Waals surface area contributed by atoms with E-state index < -0.39 is 5.60 Å². The summed E-state index contributed by atoms with van der Waals surface area (Å²) in [5.41, 5.74) is 1.47. The van der Waals surface area contributed by atoms with Crippen LogP contribution in [0.25, 0.3) is 5.70 Å². The molecule has 2 amide bonds. The number of ether oxygens (including phenoxy) is 1. The summed E-state index contributed by atoms with van der Waals surface area (Å²) in [6.45, 7) is 4.10. The zero-order valence-corrected chi connectivity index (χ0v) is 14.2. The van der Waals surface area contributed by atoms with Crippen molar-refractivity contribution in [2.24, 2.45) is 0 Å². The Morgan fingerprint density at radius 1 is 1.48 bits per heavy atom. The summed E-state index contributed by atoms with van der Waals surface area (Å²) < 4.78 is 6.04. The van der Waals surface area contributed by atoms with Crippen molar-refractivity contribution in [1.29, 1.82) is 5.26 Å². The summed E-state index contributed by atoms with van der Waals surface area (Å²) in [6, 6.07) is 7.14. The van der Waals surface area contributed by atoms with E-state index in [1.807, 2.05) is 13.8 Å². The molecule has 0 spiro atoms. The van der Waals surface area contributed by atoms with Crippen molar-refractivity contribution in [2.45, 2.75) is 32.3 Å². The Hall–Kier alpha value is -2.85. The van der Waals surface area contributed by atoms with Crippen molar-refractivity contribution < 1.29 is 19.5 Å². The smallest absolute Gasteiger partial charge is 0.233 e. The van der Waals surface area contributed by atoms with Crippen molar-refractivity contribution >= 4 is 18.0 Å². The molecule has 0 radical (unpaired) electrons. The van der Waals surface area contributed by atoms with Gasteiger partial charge in [-0.2, -0.15) is 5.26 Å². The van der Waals surface area contributed by atoms with Crippen LogP contribution in [0, 0.1) is 11.3 Å². The number of likely N-dealkylation sites (tertiary alicyclic amines) is 1. The zero-order chi connectivity index (χ0) is 18.2. The average molecular weight is 341 g/mol. The highest BCUT2D eigenvalue weighted by molar-refractivity contribution is 5.92. The fourth-order valence-electron chi connectivity index (χ4n) is 3.32. The van der Waals surface area contributed by atoms with Gasteiger partial charge in [0.2, 0.25) is 12.3 Å². The van der Waals surface area contributed by atoms with Crippen LogP contribution in [0.3, 0.4) is 0 Å². The van der Waals surface area contributed by atoms with Crippen LogP contribution in [0.2, 0.25) is 0 Å². The lowest BCUT2D eigenvalue weighted by Gasteiger charge is -2.40. The fraction of sp³-hybridized carbons (Fsp3) is 0.389. The van der Waals surface area contributed by atoms with Gasteiger partial charge >= 0.3 is 0 Å². The number of rotatable bonds is 4. The molecule has 25 heavy (non-hydrogen) atoms. The minimum Gasteiger partial charge on any atom is -0.483 e. The van der Waals surface area contributed by atoms with Crippen LogP contribution in [0.15, 0.2) is 23.8 Å². The number of carbonyl (C=O) groups excluding carboxylic acids is 2. The highest BCUT2D eigenvalue weighted by atomic mass is 16.5. The number of hydrogen-bond donors (Lipinski definition) is 1. The third-order valence-corrected chi connectivity index (χ3v) is 4.53. The molecule has 1 fully saturated rings. The van der Waals surface area contributed by atoms with Gasteiger partial charge in [-0.3, -0.25) is 14.8 Å². The molecule has 3 rings (SSSR count). The molecule has 7 nitrogen and oxygen atoms in total. The van der Waals surface area contributed by atoms with Gasteiger partial charge in [0.1, 0.15) is 11.4 Å². The molecule has 7 heteroatoms. The minimum atomic E-state index is -0.830. The van der Waals surface area contributed by atoms with Gasteiger partial charge in [0, 0.05) is 24.1 Å². The summed E-state index contributed by atoms with van der Waals surface area (Å²) in [6.07, 6.45) is 1.50. The monoisotopic (exact) mass is 341 g/mol. The predicted octanol–water partition coefficient (Wildman–Crippen LogP) is 1.91. The lowest BCUT2D eigenvalue weighted by molar-refractivity contribution is -0.148. The van der Waals surface area contributed by atoms with Crippen molar-refractivity contribution in [3.05, 3.63) is 34.9 Å². The van der Waals surface area contributed by atoms with Gasteiger partial charge in [0.05, 0.1) is 23.9 Å². The summed E-state index contributed by atoms with van der Waals surface area (Å²) >= 11 is 0. The average Bonchev–Trinajstić information content (AvgIpc) is 3.00. The number of amides is 2. The third kappa shape index (κ3) is 2.96. The Balaban J connectivity index is 2.25. The molecule has 1 aromatic rings. The number of benzene rings is 1. The molecular weight excluding hydrogens is 322 g/mol. The number of hydroxylamine groups is 2. The van der Waals surface area contributed by atoms with E-state index in [1.54, 1.807) is 23.1 Å². The fourth-order valence-corrected chi connectivity index (χ4v) is 3.32. The van der Waals surface area contributed by atoms with Gasteiger partial charge in [-0.1, -0.05) is 0 Å². The van der Waals surface area contributed by atoms with Crippen molar-refractivity contribution in [3.63, 3.8) is 0 Å². The van der Waals surface area contributed by atoms with Crippen LogP contribution in [-0.4, -0.2) is 46.2 Å². The Morgan fingerprint density at radius 2 is 2.24 bits per heavy atom. The number of fused-ring (bicyclic) bond motifs is 1. The second kappa shape index (κ2) is 6.22. The Bertz CT molecular complexity index is 807. The van der Waals surface area contributed by atoms with Crippen LogP contribution < -0.4 is 4.74 Å². The van der Waals surface area contributed by atoms with Crippen LogP contribution in [0.5, 0.6) is 5.75 Å². The van der Waals surface area contributed by atoms with E-state index in [0.717, 1.165) is 6.42 Å². The number of nitrogens with zero attached hydrogens (tertiary/aromatic N) is 3. The van der Waals surface area contributed by atoms with Crippen LogP contribution in [0.1, 0.15) is 37.8 Å². The highest BCUT2D eigenvalue weighted by Gasteiger charge is 2.40. The predicted molar refractivity (Wildman–Crippen MR) is 88.3 cm³/mol. The first-order valence-corrected chi connectivity index (χ1v) is 8.05. The maximum absolute atomic E-state index is 12.4. The summed E-state index contributed by atoms with van der Waals surface area (Å²) in [4.78, 5) is 25.0. The quantitative estimate of drug-likeness (QED) is 0.513. The second-order valence-electron chi connectivity index (χ2n) is 6.61. The maximum atomic E-state index is 12.4. The van der Waals surface area contributed by atoms with E-state index in [2.05, 4.69) is 6.07 Å². The summed E-state index contributed by atoms with van der Waals surface area (Å²) in [5, 5.41) is 19.5. The lowest BCUT2D eigenvalue weighted by atomic mass is 9.88. The van der Waals surface area contributed by atoms with Gasteiger partial charge in [0.15, 0.2) is 0 Å². The van der Waals surface area contributed by atoms with Gasteiger partial charge in [-0.15, -0.1) is 0 Å². The molecule has 2 aliphatic heterocycles.